The molecule has 3 N–H and O–H groups in total. The van der Waals surface area contributed by atoms with Gasteiger partial charge in [0, 0.05) is 19.6 Å². The van der Waals surface area contributed by atoms with E-state index in [1.165, 1.54) is 180 Å². The van der Waals surface area contributed by atoms with Crippen molar-refractivity contribution in [1.29, 1.82) is 0 Å². The molecule has 0 aromatic heterocycles. The zero-order chi connectivity index (χ0) is 43.0. The summed E-state index contributed by atoms with van der Waals surface area (Å²) in [5.74, 6) is -0.332. The molecule has 348 valence electrons. The van der Waals surface area contributed by atoms with Crippen LogP contribution < -0.4 is 5.73 Å². The van der Waals surface area contributed by atoms with Crippen LogP contribution in [0.5, 0.6) is 0 Å². The van der Waals surface area contributed by atoms with Crippen molar-refractivity contribution in [1.82, 2.24) is 0 Å². The molecule has 2 atom stereocenters. The van der Waals surface area contributed by atoms with Gasteiger partial charge in [-0.05, 0) is 70.6 Å². The Morgan fingerprint density at radius 2 is 0.898 bits per heavy atom. The van der Waals surface area contributed by atoms with E-state index in [4.69, 9.17) is 24.3 Å². The Hall–Kier alpha value is -1.28. The fourth-order valence-corrected chi connectivity index (χ4v) is 7.85. The topological polar surface area (TPSA) is 117 Å². The Morgan fingerprint density at radius 1 is 0.508 bits per heavy atom. The third kappa shape index (κ3) is 47.6. The molecule has 0 fully saturated rings. The maximum Gasteiger partial charge on any atom is 0.472 e. The van der Waals surface area contributed by atoms with Crippen LogP contribution in [0.3, 0.4) is 0 Å². The van der Waals surface area contributed by atoms with Crippen molar-refractivity contribution in [2.24, 2.45) is 5.73 Å². The van der Waals surface area contributed by atoms with Gasteiger partial charge in [-0.1, -0.05) is 198 Å². The van der Waals surface area contributed by atoms with Gasteiger partial charge in [-0.15, -0.1) is 0 Å². The molecule has 0 rings (SSSR count). The van der Waals surface area contributed by atoms with Gasteiger partial charge in [0.05, 0.1) is 19.8 Å². The predicted molar refractivity (Wildman–Crippen MR) is 252 cm³/mol. The quantitative estimate of drug-likeness (QED) is 0.0269. The molecule has 8 nitrogen and oxygen atoms in total. The van der Waals surface area contributed by atoms with Gasteiger partial charge >= 0.3 is 13.8 Å². The van der Waals surface area contributed by atoms with Crippen LogP contribution in [-0.2, 0) is 27.9 Å². The molecule has 0 aromatic rings. The monoisotopic (exact) mass is 854 g/mol. The van der Waals surface area contributed by atoms with Crippen molar-refractivity contribution < 1.29 is 32.8 Å². The molecule has 0 amide bonds. The first-order chi connectivity index (χ1) is 28.9. The van der Waals surface area contributed by atoms with Crippen molar-refractivity contribution in [2.75, 3.05) is 33.0 Å². The van der Waals surface area contributed by atoms with Gasteiger partial charge in [0.15, 0.2) is 0 Å². The minimum atomic E-state index is -4.28. The maximum atomic E-state index is 12.6. The fraction of sp³-hybridized carbons (Fsp3) is 0.860. The summed E-state index contributed by atoms with van der Waals surface area (Å²) < 4.78 is 33.6. The maximum absolute atomic E-state index is 12.6. The van der Waals surface area contributed by atoms with Crippen molar-refractivity contribution in [3.8, 4) is 0 Å². The summed E-state index contributed by atoms with van der Waals surface area (Å²) in [5.41, 5.74) is 5.39. The number of unbranched alkanes of at least 4 members (excludes halogenated alkanes) is 29. The summed E-state index contributed by atoms with van der Waals surface area (Å²) in [4.78, 5) is 22.6. The molecule has 0 saturated carbocycles. The number of hydrogen-bond donors (Lipinski definition) is 2. The van der Waals surface area contributed by atoms with Crippen LogP contribution in [0, 0.1) is 0 Å². The number of phosphoric acid groups is 1. The predicted octanol–water partition coefficient (Wildman–Crippen LogP) is 15.4. The lowest BCUT2D eigenvalue weighted by molar-refractivity contribution is -0.154. The summed E-state index contributed by atoms with van der Waals surface area (Å²) in [6, 6.07) is 0. The Labute approximate surface area is 365 Å². The van der Waals surface area contributed by atoms with E-state index in [0.717, 1.165) is 38.5 Å². The molecule has 0 spiro atoms. The number of ether oxygens (including phenoxy) is 2. The average molecular weight is 854 g/mol. The summed E-state index contributed by atoms with van der Waals surface area (Å²) in [7, 11) is -4.28. The first kappa shape index (κ1) is 57.7. The highest BCUT2D eigenvalue weighted by Gasteiger charge is 2.25. The lowest BCUT2D eigenvalue weighted by Crippen LogP contribution is -2.28. The molecule has 0 heterocycles. The van der Waals surface area contributed by atoms with Gasteiger partial charge in [-0.25, -0.2) is 4.57 Å². The third-order valence-corrected chi connectivity index (χ3v) is 11.8. The van der Waals surface area contributed by atoms with Crippen LogP contribution in [0.2, 0.25) is 0 Å². The van der Waals surface area contributed by atoms with Crippen molar-refractivity contribution in [2.45, 2.75) is 245 Å². The van der Waals surface area contributed by atoms with E-state index in [9.17, 15) is 14.3 Å². The van der Waals surface area contributed by atoms with E-state index >= 15 is 0 Å². The van der Waals surface area contributed by atoms with Crippen molar-refractivity contribution >= 4 is 13.8 Å². The highest BCUT2D eigenvalue weighted by Crippen LogP contribution is 2.43. The first-order valence-electron chi connectivity index (χ1n) is 25.0. The molecular weight excluding hydrogens is 758 g/mol. The first-order valence-corrected chi connectivity index (χ1v) is 26.5. The Bertz CT molecular complexity index is 1000. The number of phosphoric ester groups is 1. The number of esters is 1. The number of carbonyl (C=O) groups excluding carboxylic acids is 1. The smallest absolute Gasteiger partial charge is 0.457 e. The van der Waals surface area contributed by atoms with Crippen LogP contribution in [0.1, 0.15) is 239 Å². The summed E-state index contributed by atoms with van der Waals surface area (Å²) >= 11 is 0. The highest BCUT2D eigenvalue weighted by molar-refractivity contribution is 7.47. The average Bonchev–Trinajstić information content (AvgIpc) is 3.23. The second-order valence-electron chi connectivity index (χ2n) is 16.7. The molecule has 0 aliphatic heterocycles. The highest BCUT2D eigenvalue weighted by atomic mass is 31.2. The standard InChI is InChI=1S/C50H96NO7P/c1-3-5-7-9-11-13-15-17-19-21-23-24-25-27-29-31-33-35-37-39-41-43-50(52)58-49(48-57-59(53,54)56-46-44-51)47-55-45-42-40-38-36-34-32-30-28-26-22-20-18-16-14-12-10-8-6-4-2/h14,16,20-23,49H,3-13,15,17-19,24-48,51H2,1-2H3,(H,53,54)/b16-14-,22-20-,23-21-. The lowest BCUT2D eigenvalue weighted by atomic mass is 10.1. The molecule has 2 unspecified atom stereocenters. The normalized spacial score (nSPS) is 13.6. The minimum Gasteiger partial charge on any atom is -0.457 e. The zero-order valence-electron chi connectivity index (χ0n) is 38.7. The Balaban J connectivity index is 3.96. The molecule has 59 heavy (non-hydrogen) atoms. The second-order valence-corrected chi connectivity index (χ2v) is 18.1. The van der Waals surface area contributed by atoms with E-state index in [1.807, 2.05) is 0 Å². The molecule has 0 bridgehead atoms. The van der Waals surface area contributed by atoms with E-state index in [-0.39, 0.29) is 32.3 Å². The van der Waals surface area contributed by atoms with E-state index in [0.29, 0.717) is 13.0 Å². The largest absolute Gasteiger partial charge is 0.472 e. The molecule has 0 saturated heterocycles. The second kappa shape index (κ2) is 47.8. The lowest BCUT2D eigenvalue weighted by Gasteiger charge is -2.20. The molecular formula is C50H96NO7P. The summed E-state index contributed by atoms with van der Waals surface area (Å²) in [5, 5.41) is 0. The summed E-state index contributed by atoms with van der Waals surface area (Å²) in [6.07, 6.45) is 56.0. The van der Waals surface area contributed by atoms with E-state index < -0.39 is 13.9 Å². The van der Waals surface area contributed by atoms with Crippen LogP contribution in [-0.4, -0.2) is 49.9 Å². The molecule has 0 radical (unpaired) electrons. The molecule has 9 heteroatoms. The van der Waals surface area contributed by atoms with Crippen LogP contribution in [0.25, 0.3) is 0 Å². The van der Waals surface area contributed by atoms with Gasteiger partial charge in [0.1, 0.15) is 6.10 Å². The summed E-state index contributed by atoms with van der Waals surface area (Å²) in [6.45, 7) is 4.92. The van der Waals surface area contributed by atoms with Gasteiger partial charge < -0.3 is 20.1 Å². The SMILES string of the molecule is CCCCCC/C=C\C/C=C\CCCCCCCCCCOCC(COP(=O)(O)OCCN)OC(=O)CCCCCCCCCCC/C=C\CCCCCCCCCC. The third-order valence-electron chi connectivity index (χ3n) is 10.8. The van der Waals surface area contributed by atoms with Gasteiger partial charge in [-0.2, -0.15) is 0 Å². The van der Waals surface area contributed by atoms with E-state index in [2.05, 4.69) is 50.3 Å². The van der Waals surface area contributed by atoms with Gasteiger partial charge in [0.25, 0.3) is 0 Å². The Kier molecular flexibility index (Phi) is 46.7. The fourth-order valence-electron chi connectivity index (χ4n) is 7.08. The van der Waals surface area contributed by atoms with Crippen LogP contribution in [0.4, 0.5) is 0 Å². The molecule has 0 aromatic carbocycles. The minimum absolute atomic E-state index is 0.0967. The number of hydrogen-bond acceptors (Lipinski definition) is 7. The molecule has 0 aliphatic rings. The number of nitrogens with two attached hydrogens (primary N) is 1. The van der Waals surface area contributed by atoms with Gasteiger partial charge in [-0.3, -0.25) is 13.8 Å². The van der Waals surface area contributed by atoms with Crippen molar-refractivity contribution in [3.63, 3.8) is 0 Å². The Morgan fingerprint density at radius 3 is 1.36 bits per heavy atom. The van der Waals surface area contributed by atoms with Crippen LogP contribution >= 0.6 is 7.82 Å². The number of rotatable bonds is 48. The van der Waals surface area contributed by atoms with Gasteiger partial charge in [0.2, 0.25) is 0 Å². The van der Waals surface area contributed by atoms with E-state index in [1.54, 1.807) is 0 Å². The van der Waals surface area contributed by atoms with Crippen molar-refractivity contribution in [3.05, 3.63) is 36.5 Å². The number of allylic oxidation sites excluding steroid dienone is 6. The zero-order valence-corrected chi connectivity index (χ0v) is 39.6. The number of carbonyl (C=O) groups is 1. The molecule has 0 aliphatic carbocycles. The van der Waals surface area contributed by atoms with Crippen LogP contribution in [0.15, 0.2) is 36.5 Å².